The van der Waals surface area contributed by atoms with E-state index < -0.39 is 11.5 Å². The lowest BCUT2D eigenvalue weighted by Gasteiger charge is -2.43. The van der Waals surface area contributed by atoms with Gasteiger partial charge in [-0.2, -0.15) is 5.10 Å². The van der Waals surface area contributed by atoms with Gasteiger partial charge in [0.15, 0.2) is 0 Å². The van der Waals surface area contributed by atoms with Crippen LogP contribution in [0.5, 0.6) is 5.75 Å². The molecular weight excluding hydrogens is 696 g/mol. The number of carbonyl (C=O) groups is 3. The summed E-state index contributed by atoms with van der Waals surface area (Å²) in [6, 6.07) is 17.2. The third-order valence-corrected chi connectivity index (χ3v) is 9.74. The maximum Gasteiger partial charge on any atom is 0.487 e. The Balaban J connectivity index is 0.920. The predicted molar refractivity (Wildman–Crippen MR) is 192 cm³/mol. The molecule has 3 aliphatic heterocycles. The Labute approximate surface area is 303 Å². The summed E-state index contributed by atoms with van der Waals surface area (Å²) in [5, 5.41) is 12.2. The molecule has 0 atom stereocenters. The molecule has 0 bridgehead atoms. The van der Waals surface area contributed by atoms with E-state index in [9.17, 15) is 23.2 Å². The van der Waals surface area contributed by atoms with E-state index in [-0.39, 0.29) is 17.7 Å². The van der Waals surface area contributed by atoms with Gasteiger partial charge in [-0.05, 0) is 80.0 Å². The van der Waals surface area contributed by atoms with Crippen LogP contribution in [-0.4, -0.2) is 100 Å². The summed E-state index contributed by atoms with van der Waals surface area (Å²) >= 11 is 4.83. The molecule has 3 N–H and O–H groups in total. The summed E-state index contributed by atoms with van der Waals surface area (Å²) in [5.74, 6) is -0.0204. The van der Waals surface area contributed by atoms with Gasteiger partial charge in [-0.3, -0.25) is 34.7 Å². The van der Waals surface area contributed by atoms with Crippen LogP contribution in [0.4, 0.5) is 30.8 Å². The van der Waals surface area contributed by atoms with Gasteiger partial charge in [0.2, 0.25) is 5.91 Å². The number of benzene rings is 2. The third kappa shape index (κ3) is 8.49. The fourth-order valence-electron chi connectivity index (χ4n) is 6.97. The number of halogens is 3. The minimum absolute atomic E-state index is 0.137. The number of rotatable bonds is 10. The number of imide groups is 1. The first-order chi connectivity index (χ1) is 25.1. The standard InChI is InChI=1S/C36H38ClF2N9O4/c37-36(38,39)52-29-7-3-26(4-8-29)42-34(50)25-21-30(31-9-13-41-44-31)33(40-22-25)47-19-17-46(18-20-47)27-10-14-45(15-11-27)23-24-1-5-28(6-2-24)48-16-12-32(49)43-35(48)51/h1-9,13,21-22,27H,10-12,14-20,23H2,(H,41,44)(H,42,50)(H,43,49,51). The number of carbonyl (C=O) groups excluding carboxylic acids is 3. The molecule has 2 aromatic heterocycles. The van der Waals surface area contributed by atoms with Crippen molar-refractivity contribution in [3.63, 3.8) is 0 Å². The molecule has 5 heterocycles. The van der Waals surface area contributed by atoms with Gasteiger partial charge in [-0.1, -0.05) is 12.1 Å². The van der Waals surface area contributed by atoms with Crippen molar-refractivity contribution in [1.29, 1.82) is 0 Å². The molecule has 4 aromatic rings. The fourth-order valence-corrected chi connectivity index (χ4v) is 7.06. The van der Waals surface area contributed by atoms with Crippen molar-refractivity contribution in [1.82, 2.24) is 30.3 Å². The van der Waals surface area contributed by atoms with Gasteiger partial charge in [0.05, 0.1) is 11.3 Å². The van der Waals surface area contributed by atoms with Crippen molar-refractivity contribution in [3.8, 4) is 17.0 Å². The van der Waals surface area contributed by atoms with E-state index in [1.165, 1.54) is 36.0 Å². The molecule has 3 aliphatic rings. The first kappa shape index (κ1) is 35.3. The highest BCUT2D eigenvalue weighted by Gasteiger charge is 2.30. The van der Waals surface area contributed by atoms with Crippen molar-refractivity contribution in [2.24, 2.45) is 0 Å². The zero-order valence-electron chi connectivity index (χ0n) is 28.2. The molecule has 7 rings (SSSR count). The van der Waals surface area contributed by atoms with E-state index >= 15 is 0 Å². The van der Waals surface area contributed by atoms with Crippen LogP contribution in [0.3, 0.4) is 0 Å². The van der Waals surface area contributed by atoms with Gasteiger partial charge in [-0.15, -0.1) is 8.78 Å². The number of likely N-dealkylation sites (tertiary alicyclic amines) is 1. The van der Waals surface area contributed by atoms with Gasteiger partial charge in [0.25, 0.3) is 5.91 Å². The van der Waals surface area contributed by atoms with Crippen LogP contribution in [-0.2, 0) is 11.3 Å². The Morgan fingerprint density at radius 1 is 0.962 bits per heavy atom. The number of ether oxygens (including phenoxy) is 1. The highest BCUT2D eigenvalue weighted by molar-refractivity contribution is 6.20. The van der Waals surface area contributed by atoms with Crippen molar-refractivity contribution in [2.45, 2.75) is 37.4 Å². The predicted octanol–water partition coefficient (Wildman–Crippen LogP) is 5.12. The average molecular weight is 734 g/mol. The number of aromatic amines is 1. The summed E-state index contributed by atoms with van der Waals surface area (Å²) in [7, 11) is 0. The Hall–Kier alpha value is -5.12. The first-order valence-corrected chi connectivity index (χ1v) is 17.5. The van der Waals surface area contributed by atoms with Crippen LogP contribution in [0.15, 0.2) is 73.1 Å². The number of alkyl halides is 3. The van der Waals surface area contributed by atoms with Crippen LogP contribution in [0, 0.1) is 0 Å². The van der Waals surface area contributed by atoms with Gasteiger partial charge in [-0.25, -0.2) is 9.78 Å². The number of urea groups is 1. The minimum Gasteiger partial charge on any atom is -0.420 e. The monoisotopic (exact) mass is 733 g/mol. The van der Waals surface area contributed by atoms with E-state index in [0.29, 0.717) is 30.3 Å². The van der Waals surface area contributed by atoms with Crippen molar-refractivity contribution < 1.29 is 27.9 Å². The number of hydrogen-bond acceptors (Lipinski definition) is 9. The van der Waals surface area contributed by atoms with Crippen LogP contribution in [0.2, 0.25) is 0 Å². The summed E-state index contributed by atoms with van der Waals surface area (Å²) in [6.07, 6.45) is 5.65. The maximum absolute atomic E-state index is 13.2. The molecule has 4 amide bonds. The SMILES string of the molecule is O=C1CCN(c2ccc(CN3CCC(N4CCN(c5ncc(C(=O)Nc6ccc(OC(F)(F)Cl)cc6)cc5-c5ccn[nH]5)CC4)CC3)cc2)C(=O)N1. The molecule has 0 unspecified atom stereocenters. The quantitative estimate of drug-likeness (QED) is 0.190. The van der Waals surface area contributed by atoms with E-state index in [2.05, 4.69) is 52.4 Å². The molecule has 3 saturated heterocycles. The topological polar surface area (TPSA) is 139 Å². The zero-order chi connectivity index (χ0) is 36.2. The van der Waals surface area contributed by atoms with Crippen LogP contribution >= 0.6 is 11.6 Å². The van der Waals surface area contributed by atoms with Gasteiger partial charge in [0, 0.05) is 92.7 Å². The van der Waals surface area contributed by atoms with Gasteiger partial charge in [0.1, 0.15) is 11.6 Å². The Morgan fingerprint density at radius 3 is 2.35 bits per heavy atom. The Kier molecular flexibility index (Phi) is 10.3. The molecule has 0 radical (unpaired) electrons. The average Bonchev–Trinajstić information content (AvgIpc) is 3.68. The lowest BCUT2D eigenvalue weighted by atomic mass is 10.0. The molecule has 272 valence electrons. The molecule has 0 saturated carbocycles. The van der Waals surface area contributed by atoms with Crippen LogP contribution < -0.4 is 25.2 Å². The number of nitrogens with one attached hydrogen (secondary N) is 3. The highest BCUT2D eigenvalue weighted by atomic mass is 35.5. The number of aromatic nitrogens is 3. The molecular formula is C36H38ClF2N9O4. The second-order valence-corrected chi connectivity index (χ2v) is 13.5. The number of piperazine rings is 1. The summed E-state index contributed by atoms with van der Waals surface area (Å²) in [4.78, 5) is 50.4. The number of amides is 4. The van der Waals surface area contributed by atoms with E-state index in [1.54, 1.807) is 17.2 Å². The molecule has 0 aliphatic carbocycles. The normalized spacial score (nSPS) is 18.0. The minimum atomic E-state index is -3.83. The molecule has 16 heteroatoms. The molecule has 13 nitrogen and oxygen atoms in total. The number of hydrogen-bond donors (Lipinski definition) is 3. The Morgan fingerprint density at radius 2 is 1.69 bits per heavy atom. The zero-order valence-corrected chi connectivity index (χ0v) is 29.0. The van der Waals surface area contributed by atoms with E-state index in [1.807, 2.05) is 18.2 Å². The van der Waals surface area contributed by atoms with Crippen molar-refractivity contribution >= 4 is 46.6 Å². The van der Waals surface area contributed by atoms with Gasteiger partial charge < -0.3 is 15.0 Å². The van der Waals surface area contributed by atoms with Crippen molar-refractivity contribution in [3.05, 3.63) is 84.2 Å². The smallest absolute Gasteiger partial charge is 0.420 e. The molecule has 0 spiro atoms. The largest absolute Gasteiger partial charge is 0.487 e. The number of pyridine rings is 1. The van der Waals surface area contributed by atoms with E-state index in [0.717, 1.165) is 81.4 Å². The number of piperidine rings is 1. The Bertz CT molecular complexity index is 1880. The van der Waals surface area contributed by atoms with Gasteiger partial charge >= 0.3 is 11.6 Å². The number of nitrogens with zero attached hydrogens (tertiary/aromatic N) is 6. The second-order valence-electron chi connectivity index (χ2n) is 13.0. The summed E-state index contributed by atoms with van der Waals surface area (Å²) in [5.41, 5.74) is 0.357. The molecule has 52 heavy (non-hydrogen) atoms. The molecule has 2 aromatic carbocycles. The van der Waals surface area contributed by atoms with Crippen LogP contribution in [0.25, 0.3) is 11.3 Å². The number of H-pyrrole nitrogens is 1. The third-order valence-electron chi connectivity index (χ3n) is 9.66. The van der Waals surface area contributed by atoms with Crippen LogP contribution in [0.1, 0.15) is 35.2 Å². The fraction of sp³-hybridized carbons (Fsp3) is 0.361. The first-order valence-electron chi connectivity index (χ1n) is 17.2. The lowest BCUT2D eigenvalue weighted by Crippen LogP contribution is -2.53. The number of anilines is 3. The maximum atomic E-state index is 13.2. The van der Waals surface area contributed by atoms with Crippen molar-refractivity contribution in [2.75, 3.05) is 60.9 Å². The van der Waals surface area contributed by atoms with E-state index in [4.69, 9.17) is 16.6 Å². The molecule has 3 fully saturated rings. The lowest BCUT2D eigenvalue weighted by molar-refractivity contribution is -0.120. The highest BCUT2D eigenvalue weighted by Crippen LogP contribution is 2.31. The summed E-state index contributed by atoms with van der Waals surface area (Å²) < 4.78 is 30.2. The second kappa shape index (κ2) is 15.2. The summed E-state index contributed by atoms with van der Waals surface area (Å²) in [6.45, 7) is 6.58.